The third-order valence-electron chi connectivity index (χ3n) is 3.70. The lowest BCUT2D eigenvalue weighted by molar-refractivity contribution is -0.247. The molecule has 1 aliphatic carbocycles. The first-order valence-electron chi connectivity index (χ1n) is 6.87. The minimum absolute atomic E-state index is 0.356. The second-order valence-corrected chi connectivity index (χ2v) is 5.57. The standard InChI is InChI=1S/C16H21O3/c1-11-4-7-14(8-5-11)16(17)19-18-15-9-6-12(2)10-13(15)3/h4-5,7-8,12-13H,6,9-10H2,1-3H3. The Morgan fingerprint density at radius 2 is 1.89 bits per heavy atom. The third kappa shape index (κ3) is 3.80. The van der Waals surface area contributed by atoms with Crippen molar-refractivity contribution in [3.63, 3.8) is 0 Å². The highest BCUT2D eigenvalue weighted by atomic mass is 17.2. The molecule has 1 aliphatic rings. The van der Waals surface area contributed by atoms with Crippen molar-refractivity contribution in [1.29, 1.82) is 0 Å². The van der Waals surface area contributed by atoms with Gasteiger partial charge < -0.3 is 0 Å². The fourth-order valence-corrected chi connectivity index (χ4v) is 2.44. The Hall–Kier alpha value is -1.35. The van der Waals surface area contributed by atoms with Gasteiger partial charge in [-0.3, -0.25) is 4.89 Å². The molecule has 1 fully saturated rings. The molecule has 0 bridgehead atoms. The fourth-order valence-electron chi connectivity index (χ4n) is 2.44. The minimum Gasteiger partial charge on any atom is -0.292 e. The molecule has 0 N–H and O–H groups in total. The van der Waals surface area contributed by atoms with Crippen LogP contribution in [0.25, 0.3) is 0 Å². The highest BCUT2D eigenvalue weighted by Gasteiger charge is 2.29. The van der Waals surface area contributed by atoms with Crippen molar-refractivity contribution in [3.8, 4) is 0 Å². The summed E-state index contributed by atoms with van der Waals surface area (Å²) in [5.74, 6) is 0.642. The van der Waals surface area contributed by atoms with Crippen molar-refractivity contribution in [2.75, 3.05) is 0 Å². The molecular formula is C16H21O3. The maximum atomic E-state index is 11.8. The SMILES string of the molecule is Cc1ccc(C(=O)OO[C]2CCC(C)CC2C)cc1. The van der Waals surface area contributed by atoms with E-state index in [1.54, 1.807) is 12.1 Å². The lowest BCUT2D eigenvalue weighted by atomic mass is 9.81. The van der Waals surface area contributed by atoms with Crippen LogP contribution in [0.15, 0.2) is 24.3 Å². The molecule has 1 saturated carbocycles. The Bertz CT molecular complexity index is 424. The van der Waals surface area contributed by atoms with Gasteiger partial charge in [-0.2, -0.15) is 4.89 Å². The number of hydrogen-bond acceptors (Lipinski definition) is 3. The van der Waals surface area contributed by atoms with Crippen LogP contribution in [0.4, 0.5) is 0 Å². The van der Waals surface area contributed by atoms with Crippen LogP contribution >= 0.6 is 0 Å². The molecule has 2 unspecified atom stereocenters. The topological polar surface area (TPSA) is 35.5 Å². The fraction of sp³-hybridized carbons (Fsp3) is 0.500. The summed E-state index contributed by atoms with van der Waals surface area (Å²) in [7, 11) is 0. The van der Waals surface area contributed by atoms with Gasteiger partial charge in [-0.05, 0) is 50.2 Å². The summed E-state index contributed by atoms with van der Waals surface area (Å²) in [4.78, 5) is 22.0. The number of aryl methyl sites for hydroxylation is 1. The Kier molecular flexibility index (Phi) is 4.59. The first kappa shape index (κ1) is 14.1. The molecule has 2 atom stereocenters. The summed E-state index contributed by atoms with van der Waals surface area (Å²) in [5.41, 5.74) is 1.63. The smallest absolute Gasteiger partial charge is 0.292 e. The molecule has 1 aromatic rings. The van der Waals surface area contributed by atoms with E-state index >= 15 is 0 Å². The Morgan fingerprint density at radius 3 is 2.53 bits per heavy atom. The molecule has 0 aromatic heterocycles. The zero-order valence-corrected chi connectivity index (χ0v) is 11.8. The van der Waals surface area contributed by atoms with Crippen LogP contribution in [0.2, 0.25) is 0 Å². The average molecular weight is 261 g/mol. The summed E-state index contributed by atoms with van der Waals surface area (Å²) < 4.78 is 0. The van der Waals surface area contributed by atoms with Gasteiger partial charge in [-0.25, -0.2) is 4.79 Å². The van der Waals surface area contributed by atoms with Crippen LogP contribution in [-0.4, -0.2) is 5.97 Å². The van der Waals surface area contributed by atoms with E-state index in [4.69, 9.17) is 9.78 Å². The molecule has 0 saturated heterocycles. The Labute approximate surface area is 114 Å². The van der Waals surface area contributed by atoms with E-state index in [-0.39, 0.29) is 0 Å². The van der Waals surface area contributed by atoms with Gasteiger partial charge in [-0.15, -0.1) is 0 Å². The van der Waals surface area contributed by atoms with Crippen molar-refractivity contribution in [1.82, 2.24) is 0 Å². The van der Waals surface area contributed by atoms with Crippen molar-refractivity contribution < 1.29 is 14.6 Å². The number of hydrogen-bond donors (Lipinski definition) is 0. The maximum Gasteiger partial charge on any atom is 0.373 e. The zero-order valence-electron chi connectivity index (χ0n) is 11.8. The molecule has 1 radical (unpaired) electrons. The van der Waals surface area contributed by atoms with Gasteiger partial charge in [0, 0.05) is 0 Å². The van der Waals surface area contributed by atoms with E-state index in [0.29, 0.717) is 11.5 Å². The quantitative estimate of drug-likeness (QED) is 0.607. The predicted octanol–water partition coefficient (Wildman–Crippen LogP) is 4.07. The lowest BCUT2D eigenvalue weighted by Crippen LogP contribution is -2.23. The molecule has 103 valence electrons. The summed E-state index contributed by atoms with van der Waals surface area (Å²) >= 11 is 0. The first-order chi connectivity index (χ1) is 9.06. The summed E-state index contributed by atoms with van der Waals surface area (Å²) in [6, 6.07) is 7.26. The maximum absolute atomic E-state index is 11.8. The summed E-state index contributed by atoms with van der Waals surface area (Å²) in [6.07, 6.45) is 3.96. The minimum atomic E-state index is -0.432. The predicted molar refractivity (Wildman–Crippen MR) is 73.1 cm³/mol. The molecule has 3 heteroatoms. The molecular weight excluding hydrogens is 240 g/mol. The lowest BCUT2D eigenvalue weighted by Gasteiger charge is -2.29. The Morgan fingerprint density at radius 1 is 1.21 bits per heavy atom. The highest BCUT2D eigenvalue weighted by molar-refractivity contribution is 5.88. The molecule has 0 aliphatic heterocycles. The molecule has 2 rings (SSSR count). The third-order valence-corrected chi connectivity index (χ3v) is 3.70. The monoisotopic (exact) mass is 261 g/mol. The van der Waals surface area contributed by atoms with Crippen molar-refractivity contribution in [2.45, 2.75) is 40.0 Å². The van der Waals surface area contributed by atoms with E-state index in [2.05, 4.69) is 13.8 Å². The molecule has 0 spiro atoms. The Balaban J connectivity index is 1.85. The number of benzene rings is 1. The number of rotatable bonds is 3. The van der Waals surface area contributed by atoms with Crippen molar-refractivity contribution in [2.24, 2.45) is 11.8 Å². The van der Waals surface area contributed by atoms with Gasteiger partial charge >= 0.3 is 5.97 Å². The van der Waals surface area contributed by atoms with Crippen LogP contribution in [0.5, 0.6) is 0 Å². The van der Waals surface area contributed by atoms with Crippen LogP contribution in [0.1, 0.15) is 49.0 Å². The van der Waals surface area contributed by atoms with Gasteiger partial charge in [0.2, 0.25) is 0 Å². The molecule has 19 heavy (non-hydrogen) atoms. The van der Waals surface area contributed by atoms with Gasteiger partial charge in [0.05, 0.1) is 5.56 Å². The van der Waals surface area contributed by atoms with E-state index in [0.717, 1.165) is 36.8 Å². The largest absolute Gasteiger partial charge is 0.373 e. The molecule has 3 nitrogen and oxygen atoms in total. The van der Waals surface area contributed by atoms with E-state index in [1.807, 2.05) is 19.1 Å². The molecule has 0 amide bonds. The van der Waals surface area contributed by atoms with Crippen LogP contribution in [0.3, 0.4) is 0 Å². The van der Waals surface area contributed by atoms with Crippen molar-refractivity contribution in [3.05, 3.63) is 41.5 Å². The second-order valence-electron chi connectivity index (χ2n) is 5.57. The summed E-state index contributed by atoms with van der Waals surface area (Å²) in [6.45, 7) is 6.34. The van der Waals surface area contributed by atoms with Crippen molar-refractivity contribution >= 4 is 5.97 Å². The average Bonchev–Trinajstić information content (AvgIpc) is 2.38. The van der Waals surface area contributed by atoms with Crippen LogP contribution in [-0.2, 0) is 9.78 Å². The van der Waals surface area contributed by atoms with Gasteiger partial charge in [0.25, 0.3) is 0 Å². The van der Waals surface area contributed by atoms with Gasteiger partial charge in [-0.1, -0.05) is 31.5 Å². The molecule has 0 heterocycles. The zero-order chi connectivity index (χ0) is 13.8. The highest BCUT2D eigenvalue weighted by Crippen LogP contribution is 2.35. The number of carbonyl (C=O) groups is 1. The summed E-state index contributed by atoms with van der Waals surface area (Å²) in [5, 5.41) is 0. The van der Waals surface area contributed by atoms with E-state index in [1.165, 1.54) is 0 Å². The van der Waals surface area contributed by atoms with E-state index < -0.39 is 5.97 Å². The van der Waals surface area contributed by atoms with Crippen LogP contribution in [0, 0.1) is 24.9 Å². The van der Waals surface area contributed by atoms with Gasteiger partial charge in [0.15, 0.2) is 6.10 Å². The first-order valence-corrected chi connectivity index (χ1v) is 6.87. The normalized spacial score (nSPS) is 24.2. The number of carbonyl (C=O) groups excluding carboxylic acids is 1. The second kappa shape index (κ2) is 6.20. The van der Waals surface area contributed by atoms with E-state index in [9.17, 15) is 4.79 Å². The molecule has 1 aromatic carbocycles. The van der Waals surface area contributed by atoms with Gasteiger partial charge in [0.1, 0.15) is 0 Å². The van der Waals surface area contributed by atoms with Crippen LogP contribution < -0.4 is 0 Å².